The second-order valence-electron chi connectivity index (χ2n) is 12.8. The maximum atomic E-state index is 5.03. The van der Waals surface area contributed by atoms with Gasteiger partial charge in [-0.1, -0.05) is 146 Å². The molecule has 0 fully saturated rings. The summed E-state index contributed by atoms with van der Waals surface area (Å²) in [4.78, 5) is 17.5. The molecule has 4 heteroatoms. The van der Waals surface area contributed by atoms with Crippen LogP contribution >= 0.6 is 0 Å². The predicted octanol–water partition coefficient (Wildman–Crippen LogP) is 11.0. The molecular formula is C45H30N4. The minimum Gasteiger partial charge on any atom is -0.340 e. The van der Waals surface area contributed by atoms with E-state index in [4.69, 9.17) is 15.0 Å². The number of anilines is 2. The van der Waals surface area contributed by atoms with E-state index in [1.165, 1.54) is 49.8 Å². The third kappa shape index (κ3) is 4.49. The van der Waals surface area contributed by atoms with Crippen molar-refractivity contribution in [3.8, 4) is 56.4 Å². The highest BCUT2D eigenvalue weighted by atomic mass is 15.2. The van der Waals surface area contributed by atoms with Crippen LogP contribution in [0.2, 0.25) is 0 Å². The lowest BCUT2D eigenvalue weighted by Gasteiger charge is -2.23. The molecule has 1 aromatic heterocycles. The topological polar surface area (TPSA) is 41.9 Å². The fourth-order valence-corrected chi connectivity index (χ4v) is 7.82. The van der Waals surface area contributed by atoms with Crippen molar-refractivity contribution < 1.29 is 0 Å². The third-order valence-electron chi connectivity index (χ3n) is 10.0. The predicted molar refractivity (Wildman–Crippen MR) is 200 cm³/mol. The summed E-state index contributed by atoms with van der Waals surface area (Å²) in [7, 11) is 0. The lowest BCUT2D eigenvalue weighted by atomic mass is 9.86. The van der Waals surface area contributed by atoms with Crippen LogP contribution in [0.3, 0.4) is 0 Å². The summed E-state index contributed by atoms with van der Waals surface area (Å²) in [5.41, 5.74) is 13.3. The maximum Gasteiger partial charge on any atom is 0.164 e. The molecule has 1 aliphatic heterocycles. The van der Waals surface area contributed by atoms with Crippen LogP contribution in [0.4, 0.5) is 11.4 Å². The van der Waals surface area contributed by atoms with Gasteiger partial charge in [-0.05, 0) is 62.4 Å². The van der Waals surface area contributed by atoms with Crippen LogP contribution in [-0.4, -0.2) is 21.5 Å². The van der Waals surface area contributed by atoms with Gasteiger partial charge in [-0.25, -0.2) is 15.0 Å². The molecule has 1 aliphatic carbocycles. The van der Waals surface area contributed by atoms with Crippen molar-refractivity contribution in [3.63, 3.8) is 0 Å². The molecule has 0 bridgehead atoms. The quantitative estimate of drug-likeness (QED) is 0.195. The molecule has 10 rings (SSSR count). The molecule has 49 heavy (non-hydrogen) atoms. The summed E-state index contributed by atoms with van der Waals surface area (Å²) < 4.78 is 0. The van der Waals surface area contributed by atoms with Crippen LogP contribution in [0.1, 0.15) is 17.0 Å². The first-order valence-electron chi connectivity index (χ1n) is 16.8. The van der Waals surface area contributed by atoms with E-state index in [-0.39, 0.29) is 5.92 Å². The maximum absolute atomic E-state index is 5.03. The summed E-state index contributed by atoms with van der Waals surface area (Å²) >= 11 is 0. The molecule has 1 unspecified atom stereocenters. The molecule has 1 atom stereocenters. The zero-order chi connectivity index (χ0) is 32.3. The van der Waals surface area contributed by atoms with E-state index in [9.17, 15) is 0 Å². The second-order valence-corrected chi connectivity index (χ2v) is 12.8. The van der Waals surface area contributed by atoms with Crippen molar-refractivity contribution in [2.24, 2.45) is 0 Å². The highest BCUT2D eigenvalue weighted by Crippen LogP contribution is 2.56. The number of aromatic nitrogens is 3. The Bertz CT molecular complexity index is 2480. The van der Waals surface area contributed by atoms with Gasteiger partial charge in [0.15, 0.2) is 17.5 Å². The monoisotopic (exact) mass is 626 g/mol. The summed E-state index contributed by atoms with van der Waals surface area (Å²) in [6, 6.07) is 58.1. The zero-order valence-corrected chi connectivity index (χ0v) is 26.7. The van der Waals surface area contributed by atoms with E-state index in [1.807, 2.05) is 60.7 Å². The van der Waals surface area contributed by atoms with Crippen LogP contribution in [0, 0.1) is 0 Å². The van der Waals surface area contributed by atoms with Crippen LogP contribution in [-0.2, 0) is 0 Å². The van der Waals surface area contributed by atoms with Crippen molar-refractivity contribution in [1.29, 1.82) is 0 Å². The standard InChI is InChI=1S/C45H30N4/c1-3-14-29(15-4-1)43-46-44(30-16-5-2-6-17-30)48-45(47-43)32-19-13-20-33(26-32)49-28-39-37-24-10-9-22-35(37)36-23-11-12-25-38(36)41-34-21-8-7-18-31(34)27-40(49)42(39)41/h1-27,39H,28H2. The molecule has 0 radical (unpaired) electrons. The van der Waals surface area contributed by atoms with Crippen LogP contribution in [0.5, 0.6) is 0 Å². The van der Waals surface area contributed by atoms with Crippen molar-refractivity contribution >= 4 is 22.1 Å². The summed E-state index contributed by atoms with van der Waals surface area (Å²) in [6.07, 6.45) is 0. The van der Waals surface area contributed by atoms with Crippen molar-refractivity contribution in [1.82, 2.24) is 15.0 Å². The van der Waals surface area contributed by atoms with E-state index in [0.717, 1.165) is 28.9 Å². The average Bonchev–Trinajstić information content (AvgIpc) is 3.50. The van der Waals surface area contributed by atoms with E-state index in [0.29, 0.717) is 17.5 Å². The van der Waals surface area contributed by atoms with E-state index >= 15 is 0 Å². The van der Waals surface area contributed by atoms with Gasteiger partial charge < -0.3 is 4.90 Å². The summed E-state index contributed by atoms with van der Waals surface area (Å²) in [5, 5.41) is 2.55. The lowest BCUT2D eigenvalue weighted by molar-refractivity contribution is 0.864. The Morgan fingerprint density at radius 2 is 1.04 bits per heavy atom. The minimum atomic E-state index is 0.216. The molecule has 0 amide bonds. The van der Waals surface area contributed by atoms with Crippen molar-refractivity contribution in [2.75, 3.05) is 11.4 Å². The number of nitrogens with zero attached hydrogens (tertiary/aromatic N) is 4. The van der Waals surface area contributed by atoms with Crippen LogP contribution in [0.25, 0.3) is 67.2 Å². The van der Waals surface area contributed by atoms with Gasteiger partial charge in [-0.3, -0.25) is 0 Å². The van der Waals surface area contributed by atoms with Crippen LogP contribution in [0.15, 0.2) is 164 Å². The van der Waals surface area contributed by atoms with Crippen molar-refractivity contribution in [3.05, 3.63) is 175 Å². The van der Waals surface area contributed by atoms with Gasteiger partial charge in [0.25, 0.3) is 0 Å². The first-order valence-corrected chi connectivity index (χ1v) is 16.8. The van der Waals surface area contributed by atoms with E-state index < -0.39 is 0 Å². The van der Waals surface area contributed by atoms with Gasteiger partial charge in [-0.15, -0.1) is 0 Å². The Morgan fingerprint density at radius 1 is 0.469 bits per heavy atom. The van der Waals surface area contributed by atoms with Gasteiger partial charge in [-0.2, -0.15) is 0 Å². The van der Waals surface area contributed by atoms with Gasteiger partial charge in [0, 0.05) is 40.5 Å². The van der Waals surface area contributed by atoms with Gasteiger partial charge in [0.2, 0.25) is 0 Å². The van der Waals surface area contributed by atoms with Crippen molar-refractivity contribution in [2.45, 2.75) is 5.92 Å². The molecule has 0 N–H and O–H groups in total. The largest absolute Gasteiger partial charge is 0.340 e. The molecule has 8 aromatic rings. The normalized spacial score (nSPS) is 14.2. The molecule has 0 saturated heterocycles. The Labute approximate surface area is 285 Å². The summed E-state index contributed by atoms with van der Waals surface area (Å²) in [6.45, 7) is 0.842. The van der Waals surface area contributed by atoms with Crippen LogP contribution < -0.4 is 4.90 Å². The third-order valence-corrected chi connectivity index (χ3v) is 10.0. The highest BCUT2D eigenvalue weighted by Gasteiger charge is 2.38. The molecule has 2 aliphatic rings. The smallest absolute Gasteiger partial charge is 0.164 e. The first kappa shape index (κ1) is 27.7. The molecule has 7 aromatic carbocycles. The number of fused-ring (bicyclic) bond motifs is 7. The zero-order valence-electron chi connectivity index (χ0n) is 26.7. The number of hydrogen-bond acceptors (Lipinski definition) is 4. The fraction of sp³-hybridized carbons (Fsp3) is 0.0444. The minimum absolute atomic E-state index is 0.216. The molecule has 4 nitrogen and oxygen atoms in total. The molecule has 2 heterocycles. The fourth-order valence-electron chi connectivity index (χ4n) is 7.82. The molecule has 0 saturated carbocycles. The molecule has 230 valence electrons. The van der Waals surface area contributed by atoms with Gasteiger partial charge >= 0.3 is 0 Å². The van der Waals surface area contributed by atoms with Gasteiger partial charge in [0.1, 0.15) is 0 Å². The number of rotatable bonds is 4. The Kier molecular flexibility index (Phi) is 6.28. The first-order chi connectivity index (χ1) is 24.3. The molecular weight excluding hydrogens is 597 g/mol. The summed E-state index contributed by atoms with van der Waals surface area (Å²) in [5.74, 6) is 2.20. The molecule has 0 spiro atoms. The lowest BCUT2D eigenvalue weighted by Crippen LogP contribution is -2.16. The highest BCUT2D eigenvalue weighted by molar-refractivity contribution is 6.08. The number of benzene rings is 7. The van der Waals surface area contributed by atoms with Gasteiger partial charge in [0.05, 0.1) is 0 Å². The SMILES string of the molecule is c1ccc(-c2nc(-c3ccccc3)nc(-c3cccc(N4CC5c6ccccc6-c6ccccc6-c6c5c4cc4ccccc64)c3)n2)cc1. The Hall–Kier alpha value is -6.39. The Balaban J connectivity index is 1.17. The number of hydrogen-bond donors (Lipinski definition) is 0. The average molecular weight is 627 g/mol. The van der Waals surface area contributed by atoms with E-state index in [2.05, 4.69) is 108 Å². The second kappa shape index (κ2) is 11.1. The van der Waals surface area contributed by atoms with E-state index in [1.54, 1.807) is 0 Å². The Morgan fingerprint density at radius 3 is 1.78 bits per heavy atom.